The number of sulfonamides is 1. The predicted molar refractivity (Wildman–Crippen MR) is 103 cm³/mol. The molecular weight excluding hydrogens is 415 g/mol. The van der Waals surface area contributed by atoms with Crippen molar-refractivity contribution in [3.8, 4) is 11.1 Å². The van der Waals surface area contributed by atoms with Crippen LogP contribution in [0, 0.1) is 0 Å². The first-order chi connectivity index (χ1) is 13.0. The molecule has 28 heavy (non-hydrogen) atoms. The average Bonchev–Trinajstić information content (AvgIpc) is 2.61. The Morgan fingerprint density at radius 2 is 1.61 bits per heavy atom. The van der Waals surface area contributed by atoms with Crippen LogP contribution >= 0.6 is 11.6 Å². The van der Waals surface area contributed by atoms with Gasteiger partial charge in [-0.2, -0.15) is 17.5 Å². The van der Waals surface area contributed by atoms with Gasteiger partial charge >= 0.3 is 6.18 Å². The summed E-state index contributed by atoms with van der Waals surface area (Å²) in [5, 5.41) is -0.151. The molecule has 1 heterocycles. The lowest BCUT2D eigenvalue weighted by Crippen LogP contribution is -2.46. The van der Waals surface area contributed by atoms with E-state index in [4.69, 9.17) is 17.3 Å². The van der Waals surface area contributed by atoms with Crippen molar-refractivity contribution in [2.24, 2.45) is 0 Å². The van der Waals surface area contributed by atoms with Crippen molar-refractivity contribution in [3.63, 3.8) is 0 Å². The summed E-state index contributed by atoms with van der Waals surface area (Å²) in [6, 6.07) is 7.31. The topological polar surface area (TPSA) is 66.6 Å². The average molecular weight is 434 g/mol. The summed E-state index contributed by atoms with van der Waals surface area (Å²) in [7, 11) is -1.80. The zero-order valence-electron chi connectivity index (χ0n) is 15.0. The number of rotatable bonds is 3. The summed E-state index contributed by atoms with van der Waals surface area (Å²) in [6.45, 7) is 1.96. The molecule has 0 atom stereocenters. The molecule has 0 spiro atoms. The molecule has 1 fully saturated rings. The van der Waals surface area contributed by atoms with Crippen molar-refractivity contribution in [2.75, 3.05) is 39.0 Å². The minimum Gasteiger partial charge on any atom is -0.399 e. The minimum atomic E-state index is -4.65. The van der Waals surface area contributed by atoms with Crippen LogP contribution in [0.2, 0.25) is 5.02 Å². The molecule has 1 saturated heterocycles. The third-order valence-electron chi connectivity index (χ3n) is 4.66. The van der Waals surface area contributed by atoms with Crippen molar-refractivity contribution in [1.29, 1.82) is 0 Å². The van der Waals surface area contributed by atoms with Crippen molar-refractivity contribution in [2.45, 2.75) is 11.1 Å². The van der Waals surface area contributed by atoms with Crippen molar-refractivity contribution in [3.05, 3.63) is 47.0 Å². The zero-order valence-corrected chi connectivity index (χ0v) is 16.6. The maximum absolute atomic E-state index is 13.4. The minimum absolute atomic E-state index is 0.0286. The Hall–Kier alpha value is -1.81. The summed E-state index contributed by atoms with van der Waals surface area (Å²) in [5.74, 6) is 0. The van der Waals surface area contributed by atoms with Crippen LogP contribution in [0.15, 0.2) is 41.3 Å². The predicted octanol–water partition coefficient (Wildman–Crippen LogP) is 3.54. The molecule has 152 valence electrons. The lowest BCUT2D eigenvalue weighted by molar-refractivity contribution is -0.137. The molecule has 2 aromatic carbocycles. The summed E-state index contributed by atoms with van der Waals surface area (Å²) in [4.78, 5) is 2.05. The molecule has 0 saturated carbocycles. The molecule has 1 aliphatic rings. The van der Waals surface area contributed by atoms with E-state index in [2.05, 4.69) is 0 Å². The number of likely N-dealkylation sites (N-methyl/N-ethyl adjacent to an activating group) is 1. The fraction of sp³-hybridized carbons (Fsp3) is 0.333. The fourth-order valence-corrected chi connectivity index (χ4v) is 4.87. The van der Waals surface area contributed by atoms with Crippen molar-refractivity contribution >= 4 is 27.3 Å². The number of hydrogen-bond donors (Lipinski definition) is 1. The molecule has 3 rings (SSSR count). The first-order valence-corrected chi connectivity index (χ1v) is 10.3. The second kappa shape index (κ2) is 7.55. The molecule has 0 aliphatic carbocycles. The number of hydrogen-bond acceptors (Lipinski definition) is 4. The van der Waals surface area contributed by atoms with Gasteiger partial charge in [-0.25, -0.2) is 8.42 Å². The van der Waals surface area contributed by atoms with Crippen LogP contribution in [0.4, 0.5) is 18.9 Å². The molecule has 1 aliphatic heterocycles. The molecule has 0 unspecified atom stereocenters. The van der Waals surface area contributed by atoms with Gasteiger partial charge in [0.25, 0.3) is 0 Å². The highest BCUT2D eigenvalue weighted by molar-refractivity contribution is 7.89. The molecule has 0 bridgehead atoms. The third kappa shape index (κ3) is 4.12. The lowest BCUT2D eigenvalue weighted by atomic mass is 9.98. The van der Waals surface area contributed by atoms with Gasteiger partial charge in [-0.15, -0.1) is 0 Å². The van der Waals surface area contributed by atoms with E-state index >= 15 is 0 Å². The molecule has 5 nitrogen and oxygen atoms in total. The van der Waals surface area contributed by atoms with Gasteiger partial charge in [-0.05, 0) is 36.9 Å². The molecule has 2 aromatic rings. The first kappa shape index (κ1) is 20.9. The van der Waals surface area contributed by atoms with Crippen LogP contribution in [-0.2, 0) is 16.2 Å². The normalized spacial score (nSPS) is 17.0. The van der Waals surface area contributed by atoms with E-state index in [1.54, 1.807) is 0 Å². The monoisotopic (exact) mass is 433 g/mol. The molecule has 0 amide bonds. The Morgan fingerprint density at radius 3 is 2.14 bits per heavy atom. The molecular formula is C18H19ClF3N3O2S. The van der Waals surface area contributed by atoms with E-state index in [1.165, 1.54) is 34.6 Å². The quantitative estimate of drug-likeness (QED) is 0.752. The maximum Gasteiger partial charge on any atom is 0.417 e. The van der Waals surface area contributed by atoms with E-state index in [-0.39, 0.29) is 26.7 Å². The summed E-state index contributed by atoms with van der Waals surface area (Å²) in [5.41, 5.74) is 4.37. The highest BCUT2D eigenvalue weighted by Gasteiger charge is 2.35. The van der Waals surface area contributed by atoms with Crippen molar-refractivity contribution in [1.82, 2.24) is 9.21 Å². The van der Waals surface area contributed by atoms with Gasteiger partial charge in [0.05, 0.1) is 15.5 Å². The van der Waals surface area contributed by atoms with Crippen LogP contribution in [0.3, 0.4) is 0 Å². The number of halogens is 4. The second-order valence-corrected chi connectivity index (χ2v) is 9.00. The van der Waals surface area contributed by atoms with E-state index in [0.29, 0.717) is 26.2 Å². The van der Waals surface area contributed by atoms with Crippen molar-refractivity contribution < 1.29 is 21.6 Å². The highest BCUT2D eigenvalue weighted by Crippen LogP contribution is 2.42. The zero-order chi connectivity index (χ0) is 20.7. The van der Waals surface area contributed by atoms with Gasteiger partial charge in [0.1, 0.15) is 0 Å². The standard InChI is InChI=1S/C18H19ClF3N3O2S/c1-24-6-8-25(9-7-24)28(26,27)14-4-2-12(3-5-14)17-15(18(20,21)22)10-13(23)11-16(17)19/h2-5,10-11H,6-9,23H2,1H3. The number of nitrogen functional groups attached to an aromatic ring is 1. The van der Waals surface area contributed by atoms with Gasteiger partial charge in [-0.1, -0.05) is 23.7 Å². The number of anilines is 1. The first-order valence-electron chi connectivity index (χ1n) is 8.45. The summed E-state index contributed by atoms with van der Waals surface area (Å²) >= 11 is 6.03. The van der Waals surface area contributed by atoms with Crippen LogP contribution in [0.5, 0.6) is 0 Å². The van der Waals surface area contributed by atoms with Gasteiger partial charge in [0, 0.05) is 37.4 Å². The Bertz CT molecular complexity index is 971. The van der Waals surface area contributed by atoms with Crippen LogP contribution in [-0.4, -0.2) is 50.8 Å². The van der Waals surface area contributed by atoms with E-state index in [0.717, 1.165) is 6.07 Å². The smallest absolute Gasteiger partial charge is 0.399 e. The Kier molecular flexibility index (Phi) is 5.64. The third-order valence-corrected chi connectivity index (χ3v) is 6.87. The number of piperazine rings is 1. The Labute approximate surface area is 166 Å². The van der Waals surface area contributed by atoms with E-state index < -0.39 is 21.8 Å². The van der Waals surface area contributed by atoms with Gasteiger partial charge < -0.3 is 10.6 Å². The van der Waals surface area contributed by atoms with Gasteiger partial charge in [-0.3, -0.25) is 0 Å². The summed E-state index contributed by atoms with van der Waals surface area (Å²) in [6.07, 6.45) is -4.65. The molecule has 10 heteroatoms. The fourth-order valence-electron chi connectivity index (χ4n) is 3.12. The van der Waals surface area contributed by atoms with Crippen LogP contribution < -0.4 is 5.73 Å². The number of nitrogens with two attached hydrogens (primary N) is 1. The molecule has 0 aromatic heterocycles. The maximum atomic E-state index is 13.4. The van der Waals surface area contributed by atoms with E-state index in [1.807, 2.05) is 11.9 Å². The van der Waals surface area contributed by atoms with Crippen LogP contribution in [0.1, 0.15) is 5.56 Å². The Balaban J connectivity index is 1.98. The lowest BCUT2D eigenvalue weighted by Gasteiger charge is -2.31. The van der Waals surface area contributed by atoms with Gasteiger partial charge in [0.15, 0.2) is 0 Å². The summed E-state index contributed by atoms with van der Waals surface area (Å²) < 4.78 is 67.2. The largest absolute Gasteiger partial charge is 0.417 e. The van der Waals surface area contributed by atoms with Crippen LogP contribution in [0.25, 0.3) is 11.1 Å². The molecule has 0 radical (unpaired) electrons. The van der Waals surface area contributed by atoms with Gasteiger partial charge in [0.2, 0.25) is 10.0 Å². The SMILES string of the molecule is CN1CCN(S(=O)(=O)c2ccc(-c3c(Cl)cc(N)cc3C(F)(F)F)cc2)CC1. The number of nitrogens with zero attached hydrogens (tertiary/aromatic N) is 2. The Morgan fingerprint density at radius 1 is 1.04 bits per heavy atom. The molecule has 2 N–H and O–H groups in total. The highest BCUT2D eigenvalue weighted by atomic mass is 35.5. The number of alkyl halides is 3. The number of benzene rings is 2. The second-order valence-electron chi connectivity index (χ2n) is 6.65. The van der Waals surface area contributed by atoms with E-state index in [9.17, 15) is 21.6 Å².